The lowest BCUT2D eigenvalue weighted by Crippen LogP contribution is -2.44. The highest BCUT2D eigenvalue weighted by atomic mass is 35.5. The Kier molecular flexibility index (Phi) is 7.48. The Morgan fingerprint density at radius 2 is 1.92 bits per heavy atom. The van der Waals surface area contributed by atoms with Crippen molar-refractivity contribution in [1.29, 1.82) is 0 Å². The maximum atomic E-state index is 11.8. The number of halogens is 1. The molecule has 7 N–H and O–H groups in total. The minimum atomic E-state index is -5.12. The van der Waals surface area contributed by atoms with Gasteiger partial charge in [-0.25, -0.2) is 4.68 Å². The van der Waals surface area contributed by atoms with Crippen LogP contribution in [0, 0.1) is 0 Å². The van der Waals surface area contributed by atoms with Crippen LogP contribution in [0.3, 0.4) is 0 Å². The number of aryl methyl sites for hydroxylation is 1. The number of rotatable bonds is 9. The van der Waals surface area contributed by atoms with E-state index in [2.05, 4.69) is 26.4 Å². The van der Waals surface area contributed by atoms with Crippen molar-refractivity contribution in [3.05, 3.63) is 46.9 Å². The molecule has 5 rings (SSSR count). The largest absolute Gasteiger partial charge is 0.393 e. The number of aliphatic hydroxyl groups excluding tert-OH is 4. The van der Waals surface area contributed by atoms with Crippen LogP contribution in [0.2, 0.25) is 5.28 Å². The van der Waals surface area contributed by atoms with Crippen LogP contribution in [0.25, 0.3) is 11.0 Å². The predicted molar refractivity (Wildman–Crippen MR) is 132 cm³/mol. The lowest BCUT2D eigenvalue weighted by molar-refractivity contribution is -0.121. The molecular weight excluding hydrogens is 545 g/mol. The van der Waals surface area contributed by atoms with Crippen LogP contribution in [0.5, 0.6) is 0 Å². The van der Waals surface area contributed by atoms with Gasteiger partial charge in [0.05, 0.1) is 37.4 Å². The molecule has 0 saturated carbocycles. The first-order chi connectivity index (χ1) is 18.1. The molecule has 1 saturated heterocycles. The molecule has 3 aromatic rings. The zero-order valence-electron chi connectivity index (χ0n) is 19.8. The van der Waals surface area contributed by atoms with Gasteiger partial charge in [0, 0.05) is 0 Å². The molecule has 5 atom stereocenters. The molecule has 1 aromatic carbocycles. The first kappa shape index (κ1) is 27.3. The van der Waals surface area contributed by atoms with Crippen molar-refractivity contribution in [2.75, 3.05) is 25.1 Å². The summed E-state index contributed by atoms with van der Waals surface area (Å²) in [7, 11) is -5.12. The number of fused-ring (bicyclic) bond motifs is 2. The third-order valence-corrected chi connectivity index (χ3v) is 8.63. The van der Waals surface area contributed by atoms with E-state index >= 15 is 0 Å². The molecule has 206 valence electrons. The number of aromatic nitrogens is 4. The summed E-state index contributed by atoms with van der Waals surface area (Å²) in [5.74, 6) is 0.429. The normalized spacial score (nSPS) is 25.7. The van der Waals surface area contributed by atoms with Crippen molar-refractivity contribution < 1.29 is 44.3 Å². The average Bonchev–Trinajstić information content (AvgIpc) is 3.56. The Morgan fingerprint density at radius 3 is 2.63 bits per heavy atom. The van der Waals surface area contributed by atoms with E-state index in [1.54, 1.807) is 0 Å². The van der Waals surface area contributed by atoms with Crippen LogP contribution in [-0.2, 0) is 20.5 Å². The zero-order valence-corrected chi connectivity index (χ0v) is 21.5. The molecule has 38 heavy (non-hydrogen) atoms. The summed E-state index contributed by atoms with van der Waals surface area (Å²) in [6, 6.07) is 8.07. The van der Waals surface area contributed by atoms with E-state index in [0.29, 0.717) is 11.2 Å². The number of anilines is 1. The number of aliphatic hydroxyl groups is 4. The second kappa shape index (κ2) is 10.4. The molecule has 0 spiro atoms. The Labute approximate surface area is 221 Å². The highest BCUT2D eigenvalue weighted by Gasteiger charge is 2.51. The first-order valence-electron chi connectivity index (χ1n) is 11.8. The smallest absolute Gasteiger partial charge is 0.361 e. The minimum Gasteiger partial charge on any atom is -0.393 e. The topological polar surface area (TPSA) is 213 Å². The summed E-state index contributed by atoms with van der Waals surface area (Å²) in [5.41, 5.74) is 2.61. The van der Waals surface area contributed by atoms with Crippen molar-refractivity contribution in [1.82, 2.24) is 19.7 Å². The van der Waals surface area contributed by atoms with E-state index in [0.717, 1.165) is 18.4 Å². The quantitative estimate of drug-likeness (QED) is 0.134. The van der Waals surface area contributed by atoms with Crippen LogP contribution in [0.15, 0.2) is 30.5 Å². The molecule has 1 fully saturated rings. The lowest BCUT2D eigenvalue weighted by atomic mass is 10.1. The zero-order chi connectivity index (χ0) is 27.2. The van der Waals surface area contributed by atoms with Gasteiger partial charge in [0.1, 0.15) is 24.1 Å². The van der Waals surface area contributed by atoms with Gasteiger partial charge in [-0.1, -0.05) is 24.3 Å². The van der Waals surface area contributed by atoms with E-state index in [9.17, 15) is 34.8 Å². The van der Waals surface area contributed by atoms with E-state index in [1.807, 2.05) is 18.2 Å². The van der Waals surface area contributed by atoms with Gasteiger partial charge in [0.15, 0.2) is 11.9 Å². The molecule has 0 radical (unpaired) electrons. The van der Waals surface area contributed by atoms with Gasteiger partial charge in [0.25, 0.3) is 0 Å². The number of hydrogen-bond acceptors (Lipinski definition) is 11. The fourth-order valence-corrected chi connectivity index (χ4v) is 5.56. The Bertz CT molecular complexity index is 1370. The second-order valence-electron chi connectivity index (χ2n) is 9.27. The van der Waals surface area contributed by atoms with Crippen LogP contribution in [0.1, 0.15) is 29.8 Å². The summed E-state index contributed by atoms with van der Waals surface area (Å²) < 4.78 is 23.9. The molecule has 2 aromatic heterocycles. The Morgan fingerprint density at radius 1 is 1.18 bits per heavy atom. The van der Waals surface area contributed by atoms with Crippen molar-refractivity contribution in [3.63, 3.8) is 0 Å². The number of nitrogens with one attached hydrogen (secondary N) is 1. The Balaban J connectivity index is 1.39. The van der Waals surface area contributed by atoms with Crippen molar-refractivity contribution >= 4 is 36.0 Å². The van der Waals surface area contributed by atoms with Crippen LogP contribution < -0.4 is 5.32 Å². The third-order valence-electron chi connectivity index (χ3n) is 6.99. The van der Waals surface area contributed by atoms with Gasteiger partial charge < -0.3 is 45.0 Å². The van der Waals surface area contributed by atoms with E-state index in [4.69, 9.17) is 21.1 Å². The highest BCUT2D eigenvalue weighted by Crippen LogP contribution is 2.51. The molecule has 16 heteroatoms. The molecule has 0 unspecified atom stereocenters. The highest BCUT2D eigenvalue weighted by molar-refractivity contribution is 7.53. The number of nitrogens with zero attached hydrogens (tertiary/aromatic N) is 4. The number of benzene rings is 1. The molecule has 2 aliphatic rings. The SMILES string of the molecule is O=P(O)(O)C(CO)(CO)OC[C@H]1O[C@@H](n2ncc3c(N[C@@H]4CCc5ccccc54)nc(Cl)nc32)[C@H](O)[C@@H]1O. The van der Waals surface area contributed by atoms with Crippen molar-refractivity contribution in [2.45, 2.75) is 48.8 Å². The van der Waals surface area contributed by atoms with Crippen molar-refractivity contribution in [2.24, 2.45) is 0 Å². The van der Waals surface area contributed by atoms with Crippen LogP contribution in [0.4, 0.5) is 5.82 Å². The van der Waals surface area contributed by atoms with E-state index in [1.165, 1.54) is 16.4 Å². The summed E-state index contributed by atoms with van der Waals surface area (Å²) >= 11 is 6.22. The second-order valence-corrected chi connectivity index (χ2v) is 11.5. The fraction of sp³-hybridized carbons (Fsp3) is 0.500. The molecule has 0 amide bonds. The van der Waals surface area contributed by atoms with Gasteiger partial charge in [-0.15, -0.1) is 0 Å². The van der Waals surface area contributed by atoms with Gasteiger partial charge in [0.2, 0.25) is 10.6 Å². The van der Waals surface area contributed by atoms with Crippen molar-refractivity contribution in [3.8, 4) is 0 Å². The van der Waals surface area contributed by atoms with Gasteiger partial charge in [-0.05, 0) is 35.6 Å². The predicted octanol–water partition coefficient (Wildman–Crippen LogP) is 0.0735. The fourth-order valence-electron chi connectivity index (χ4n) is 4.78. The van der Waals surface area contributed by atoms with Crippen LogP contribution in [-0.4, -0.2) is 93.4 Å². The van der Waals surface area contributed by atoms with E-state index < -0.39 is 57.3 Å². The lowest BCUT2D eigenvalue weighted by Gasteiger charge is -2.31. The standard InChI is InChI=1S/C22H27ClN5O9P/c23-21-26-18(25-14-6-5-11-3-1-2-4-12(11)14)13-7-24-28(19(13)27-21)20-17(32)16(31)15(37-20)8-36-22(9-29,10-30)38(33,34)35/h1-4,7,14-17,20,29-32H,5-6,8-10H2,(H,25,26,27)(H2,33,34,35)/t14-,15-,16-,17-,20-/m1/s1. The maximum absolute atomic E-state index is 11.8. The minimum absolute atomic E-state index is 0.00673. The first-order valence-corrected chi connectivity index (χ1v) is 13.8. The van der Waals surface area contributed by atoms with Gasteiger partial charge in [-0.2, -0.15) is 15.1 Å². The average molecular weight is 572 g/mol. The summed E-state index contributed by atoms with van der Waals surface area (Å²) in [4.78, 5) is 27.6. The number of ether oxygens (including phenoxy) is 2. The molecule has 3 heterocycles. The maximum Gasteiger partial charge on any atom is 0.361 e. The summed E-state index contributed by atoms with van der Waals surface area (Å²) in [6.07, 6.45) is -2.42. The summed E-state index contributed by atoms with van der Waals surface area (Å²) in [6.45, 7) is -3.05. The monoisotopic (exact) mass is 571 g/mol. The van der Waals surface area contributed by atoms with Crippen LogP contribution >= 0.6 is 19.2 Å². The Hall–Kier alpha value is -2.23. The molecule has 1 aliphatic carbocycles. The van der Waals surface area contributed by atoms with Gasteiger partial charge in [-0.3, -0.25) is 4.57 Å². The number of hydrogen-bond donors (Lipinski definition) is 7. The molecule has 0 bridgehead atoms. The van der Waals surface area contributed by atoms with Gasteiger partial charge >= 0.3 is 7.60 Å². The van der Waals surface area contributed by atoms with E-state index in [-0.39, 0.29) is 17.0 Å². The summed E-state index contributed by atoms with van der Waals surface area (Å²) in [5, 5.41) is 45.6. The third kappa shape index (κ3) is 4.71. The molecule has 14 nitrogen and oxygen atoms in total. The molecule has 1 aliphatic heterocycles. The molecular formula is C22H27ClN5O9P.